The van der Waals surface area contributed by atoms with Gasteiger partial charge in [-0.15, -0.1) is 0 Å². The van der Waals surface area contributed by atoms with Crippen LogP contribution in [0.1, 0.15) is 46.0 Å². The zero-order valence-electron chi connectivity index (χ0n) is 11.2. The number of hydrogen-bond donors (Lipinski definition) is 1. The molecule has 0 aromatic heterocycles. The molecule has 0 amide bonds. The van der Waals surface area contributed by atoms with Crippen molar-refractivity contribution in [2.45, 2.75) is 46.0 Å². The summed E-state index contributed by atoms with van der Waals surface area (Å²) in [7, 11) is 0. The summed E-state index contributed by atoms with van der Waals surface area (Å²) >= 11 is 0. The zero-order valence-corrected chi connectivity index (χ0v) is 11.2. The summed E-state index contributed by atoms with van der Waals surface area (Å²) in [6.45, 7) is 7.59. The summed E-state index contributed by atoms with van der Waals surface area (Å²) < 4.78 is 5.03. The second-order valence-corrected chi connectivity index (χ2v) is 4.20. The average molecular weight is 254 g/mol. The van der Waals surface area contributed by atoms with Crippen LogP contribution in [0.25, 0.3) is 0 Å². The number of carbonyl (C=O) groups excluding carboxylic acids is 1. The van der Waals surface area contributed by atoms with E-state index in [1.54, 1.807) is 0 Å². The first-order chi connectivity index (χ1) is 8.49. The van der Waals surface area contributed by atoms with Crippen molar-refractivity contribution in [2.24, 2.45) is 0 Å². The molecule has 0 radical (unpaired) electrons. The molecule has 0 rings (SSSR count). The molecule has 4 heteroatoms. The first-order valence-corrected chi connectivity index (χ1v) is 6.24. The number of esters is 1. The van der Waals surface area contributed by atoms with E-state index in [9.17, 15) is 9.59 Å². The summed E-state index contributed by atoms with van der Waals surface area (Å²) in [5, 5.41) is 8.64. The van der Waals surface area contributed by atoms with Gasteiger partial charge in [0.15, 0.2) is 0 Å². The molecule has 4 nitrogen and oxygen atoms in total. The molecule has 0 atom stereocenters. The highest BCUT2D eigenvalue weighted by Gasteiger charge is 2.08. The third-order valence-corrected chi connectivity index (χ3v) is 2.51. The van der Waals surface area contributed by atoms with Gasteiger partial charge < -0.3 is 9.84 Å². The van der Waals surface area contributed by atoms with Crippen LogP contribution in [0.4, 0.5) is 0 Å². The average Bonchev–Trinajstić information content (AvgIpc) is 2.34. The molecule has 0 aliphatic rings. The minimum absolute atomic E-state index is 0.201. The first-order valence-electron chi connectivity index (χ1n) is 6.24. The molecular formula is C14H22O4. The van der Waals surface area contributed by atoms with Gasteiger partial charge in [0, 0.05) is 11.1 Å². The number of ether oxygens (including phenoxy) is 1. The molecule has 0 saturated carbocycles. The van der Waals surface area contributed by atoms with E-state index < -0.39 is 11.9 Å². The Hall–Kier alpha value is -1.58. The molecule has 0 aliphatic carbocycles. The highest BCUT2D eigenvalue weighted by molar-refractivity contribution is 5.89. The molecule has 0 spiro atoms. The predicted octanol–water partition coefficient (Wildman–Crippen LogP) is 3.09. The van der Waals surface area contributed by atoms with Gasteiger partial charge in [0.2, 0.25) is 0 Å². The third kappa shape index (κ3) is 7.65. The van der Waals surface area contributed by atoms with Crippen molar-refractivity contribution in [3.63, 3.8) is 0 Å². The Labute approximate surface area is 108 Å². The lowest BCUT2D eigenvalue weighted by Gasteiger charge is -2.05. The summed E-state index contributed by atoms with van der Waals surface area (Å²) in [5.41, 5.74) is 0.484. The van der Waals surface area contributed by atoms with E-state index in [0.717, 1.165) is 25.7 Å². The van der Waals surface area contributed by atoms with Gasteiger partial charge in [-0.3, -0.25) is 0 Å². The summed E-state index contributed by atoms with van der Waals surface area (Å²) in [6.07, 6.45) is 5.86. The Bertz CT molecular complexity index is 329. The van der Waals surface area contributed by atoms with Crippen LogP contribution in [-0.2, 0) is 14.3 Å². The molecule has 0 aliphatic heterocycles. The molecular weight excluding hydrogens is 232 g/mol. The van der Waals surface area contributed by atoms with Gasteiger partial charge in [0.25, 0.3) is 0 Å². The maximum absolute atomic E-state index is 11.5. The van der Waals surface area contributed by atoms with Crippen molar-refractivity contribution in [1.29, 1.82) is 0 Å². The lowest BCUT2D eigenvalue weighted by Crippen LogP contribution is -2.08. The molecule has 0 saturated heterocycles. The molecule has 0 aromatic rings. The fourth-order valence-corrected chi connectivity index (χ4v) is 1.24. The second kappa shape index (κ2) is 9.45. The van der Waals surface area contributed by atoms with Crippen LogP contribution in [0.3, 0.4) is 0 Å². The van der Waals surface area contributed by atoms with E-state index >= 15 is 0 Å². The van der Waals surface area contributed by atoms with Crippen molar-refractivity contribution in [3.8, 4) is 0 Å². The summed E-state index contributed by atoms with van der Waals surface area (Å²) in [4.78, 5) is 22.0. The van der Waals surface area contributed by atoms with Gasteiger partial charge in [-0.25, -0.2) is 9.59 Å². The number of hydrogen-bond acceptors (Lipinski definition) is 3. The fourth-order valence-electron chi connectivity index (χ4n) is 1.24. The van der Waals surface area contributed by atoms with Crippen molar-refractivity contribution in [2.75, 3.05) is 6.61 Å². The summed E-state index contributed by atoms with van der Waals surface area (Å²) in [5.74, 6) is -1.43. The normalized spacial score (nSPS) is 11.1. The molecule has 0 heterocycles. The number of carbonyl (C=O) groups is 2. The quantitative estimate of drug-likeness (QED) is 0.390. The number of unbranched alkanes of at least 4 members (excludes halogenated alkanes) is 3. The molecule has 0 aromatic carbocycles. The minimum Gasteiger partial charge on any atom is -0.478 e. The smallest absolute Gasteiger partial charge is 0.333 e. The van der Waals surface area contributed by atoms with E-state index in [4.69, 9.17) is 9.84 Å². The maximum atomic E-state index is 11.5. The lowest BCUT2D eigenvalue weighted by molar-refractivity contribution is -0.139. The minimum atomic E-state index is -0.990. The van der Waals surface area contributed by atoms with Gasteiger partial charge in [-0.2, -0.15) is 0 Å². The van der Waals surface area contributed by atoms with Crippen molar-refractivity contribution >= 4 is 11.9 Å². The number of aliphatic carboxylic acids is 1. The standard InChI is InChI=1S/C14H22O4/c1-4-5-6-7-10-18-14(17)12(3)9-8-11(2)13(15)16/h8H,3-7,9-10H2,1-2H3,(H,15,16). The predicted molar refractivity (Wildman–Crippen MR) is 70.3 cm³/mol. The molecule has 18 heavy (non-hydrogen) atoms. The Balaban J connectivity index is 3.87. The van der Waals surface area contributed by atoms with E-state index in [1.165, 1.54) is 13.0 Å². The zero-order chi connectivity index (χ0) is 14.0. The van der Waals surface area contributed by atoms with Crippen LogP contribution in [0.2, 0.25) is 0 Å². The Morgan fingerprint density at radius 1 is 1.28 bits per heavy atom. The number of rotatable bonds is 9. The van der Waals surface area contributed by atoms with Crippen LogP contribution < -0.4 is 0 Å². The first kappa shape index (κ1) is 16.4. The van der Waals surface area contributed by atoms with Gasteiger partial charge in [0.1, 0.15) is 0 Å². The number of carboxylic acid groups (broad SMARTS) is 1. The van der Waals surface area contributed by atoms with Crippen molar-refractivity contribution in [1.82, 2.24) is 0 Å². The SMILES string of the molecule is C=C(CC=C(C)C(=O)O)C(=O)OCCCCCC. The largest absolute Gasteiger partial charge is 0.478 e. The third-order valence-electron chi connectivity index (χ3n) is 2.51. The molecule has 0 fully saturated rings. The fraction of sp³-hybridized carbons (Fsp3) is 0.571. The molecule has 1 N–H and O–H groups in total. The van der Waals surface area contributed by atoms with E-state index in [-0.39, 0.29) is 17.6 Å². The second-order valence-electron chi connectivity index (χ2n) is 4.20. The van der Waals surface area contributed by atoms with Gasteiger partial charge in [-0.05, 0) is 19.8 Å². The highest BCUT2D eigenvalue weighted by atomic mass is 16.5. The van der Waals surface area contributed by atoms with Crippen LogP contribution in [0, 0.1) is 0 Å². The van der Waals surface area contributed by atoms with Crippen molar-refractivity contribution < 1.29 is 19.4 Å². The maximum Gasteiger partial charge on any atom is 0.333 e. The Morgan fingerprint density at radius 2 is 1.94 bits per heavy atom. The topological polar surface area (TPSA) is 63.6 Å². The van der Waals surface area contributed by atoms with Crippen LogP contribution >= 0.6 is 0 Å². The number of carboxylic acids is 1. The molecule has 0 unspecified atom stereocenters. The lowest BCUT2D eigenvalue weighted by atomic mass is 10.1. The van der Waals surface area contributed by atoms with E-state index in [0.29, 0.717) is 6.61 Å². The van der Waals surface area contributed by atoms with E-state index in [2.05, 4.69) is 13.5 Å². The van der Waals surface area contributed by atoms with Crippen LogP contribution in [0.5, 0.6) is 0 Å². The monoisotopic (exact) mass is 254 g/mol. The molecule has 0 bridgehead atoms. The van der Waals surface area contributed by atoms with Gasteiger partial charge >= 0.3 is 11.9 Å². The Morgan fingerprint density at radius 3 is 2.50 bits per heavy atom. The number of allylic oxidation sites excluding steroid dienone is 1. The van der Waals surface area contributed by atoms with E-state index in [1.807, 2.05) is 0 Å². The van der Waals surface area contributed by atoms with Gasteiger partial charge in [-0.1, -0.05) is 38.8 Å². The highest BCUT2D eigenvalue weighted by Crippen LogP contribution is 2.07. The van der Waals surface area contributed by atoms with Crippen molar-refractivity contribution in [3.05, 3.63) is 23.8 Å². The van der Waals surface area contributed by atoms with Crippen LogP contribution in [0.15, 0.2) is 23.8 Å². The Kier molecular flexibility index (Phi) is 8.62. The molecule has 102 valence electrons. The van der Waals surface area contributed by atoms with Gasteiger partial charge in [0.05, 0.1) is 6.61 Å². The van der Waals surface area contributed by atoms with Crippen LogP contribution in [-0.4, -0.2) is 23.7 Å². The summed E-state index contributed by atoms with van der Waals surface area (Å²) in [6, 6.07) is 0.